The number of para-hydroxylation sites is 1. The molecule has 7 rings (SSSR count). The molecule has 5 aromatic carbocycles. The Balaban J connectivity index is 1.46. The first-order valence-corrected chi connectivity index (χ1v) is 16.6. The van der Waals surface area contributed by atoms with E-state index in [0.29, 0.717) is 12.0 Å². The molecule has 0 radical (unpaired) electrons. The Morgan fingerprint density at radius 2 is 1.41 bits per heavy atom. The fourth-order valence-electron chi connectivity index (χ4n) is 6.65. The van der Waals surface area contributed by atoms with Gasteiger partial charge in [0.15, 0.2) is 0 Å². The van der Waals surface area contributed by atoms with Crippen molar-refractivity contribution >= 4 is 32.2 Å². The van der Waals surface area contributed by atoms with Crippen LogP contribution in [0.5, 0.6) is 0 Å². The first kappa shape index (κ1) is 29.4. The van der Waals surface area contributed by atoms with Crippen LogP contribution in [0.2, 0.25) is 0 Å². The standard InChI is InChI=1S/C38H31N3O4S/c1-27-19-21-32(22-20-27)46(44,45)39-24-23-34-33-17-8-9-18-36(33)40-37(34)35(28-11-10-16-31(25-28)41(42)43)26-38(40,29-12-4-2-5-13-29)30-14-6-3-7-15-30/h2-22,25-26,39H,23-24H2,1H3. The lowest BCUT2D eigenvalue weighted by molar-refractivity contribution is -0.384. The second-order valence-electron chi connectivity index (χ2n) is 11.5. The van der Waals surface area contributed by atoms with Gasteiger partial charge in [-0.05, 0) is 59.9 Å². The van der Waals surface area contributed by atoms with Crippen molar-refractivity contribution in [1.82, 2.24) is 9.29 Å². The molecule has 1 N–H and O–H groups in total. The smallest absolute Gasteiger partial charge is 0.270 e. The average molecular weight is 626 g/mol. The molecule has 6 aromatic rings. The fraction of sp³-hybridized carbons (Fsp3) is 0.105. The van der Waals surface area contributed by atoms with Crippen LogP contribution in [0, 0.1) is 17.0 Å². The second-order valence-corrected chi connectivity index (χ2v) is 13.3. The molecule has 0 aliphatic carbocycles. The largest absolute Gasteiger partial charge is 0.322 e. The Hall–Kier alpha value is -5.31. The number of nitrogens with zero attached hydrogens (tertiary/aromatic N) is 2. The van der Waals surface area contributed by atoms with Gasteiger partial charge in [-0.25, -0.2) is 13.1 Å². The van der Waals surface area contributed by atoms with Gasteiger partial charge in [-0.15, -0.1) is 0 Å². The number of hydrogen-bond donors (Lipinski definition) is 1. The van der Waals surface area contributed by atoms with Crippen molar-refractivity contribution in [2.24, 2.45) is 0 Å². The number of rotatable bonds is 9. The maximum Gasteiger partial charge on any atom is 0.270 e. The van der Waals surface area contributed by atoms with E-state index in [1.807, 2.05) is 61.5 Å². The van der Waals surface area contributed by atoms with E-state index in [9.17, 15) is 18.5 Å². The van der Waals surface area contributed by atoms with Crippen molar-refractivity contribution in [3.63, 3.8) is 0 Å². The maximum atomic E-state index is 13.2. The molecule has 0 fully saturated rings. The van der Waals surface area contributed by atoms with Crippen LogP contribution in [-0.2, 0) is 22.0 Å². The Kier molecular flexibility index (Phi) is 7.39. The third-order valence-electron chi connectivity index (χ3n) is 8.73. The van der Waals surface area contributed by atoms with E-state index >= 15 is 0 Å². The summed E-state index contributed by atoms with van der Waals surface area (Å²) >= 11 is 0. The lowest BCUT2D eigenvalue weighted by Crippen LogP contribution is -2.32. The molecular formula is C38H31N3O4S. The summed E-state index contributed by atoms with van der Waals surface area (Å²) in [6.07, 6.45) is 2.61. The summed E-state index contributed by atoms with van der Waals surface area (Å²) in [5.74, 6) is 0. The normalized spacial score (nSPS) is 13.8. The lowest BCUT2D eigenvalue weighted by Gasteiger charge is -2.33. The quantitative estimate of drug-likeness (QED) is 0.132. The number of benzene rings is 5. The van der Waals surface area contributed by atoms with Crippen LogP contribution >= 0.6 is 0 Å². The van der Waals surface area contributed by atoms with E-state index in [-0.39, 0.29) is 22.1 Å². The number of nitro benzene ring substituents is 1. The molecule has 228 valence electrons. The van der Waals surface area contributed by atoms with Gasteiger partial charge in [-0.2, -0.15) is 0 Å². The minimum Gasteiger partial charge on any atom is -0.322 e. The Morgan fingerprint density at radius 3 is 2.07 bits per heavy atom. The van der Waals surface area contributed by atoms with Gasteiger partial charge < -0.3 is 4.57 Å². The molecule has 2 heterocycles. The van der Waals surface area contributed by atoms with Crippen molar-refractivity contribution in [3.8, 4) is 0 Å². The summed E-state index contributed by atoms with van der Waals surface area (Å²) < 4.78 is 31.6. The maximum absolute atomic E-state index is 13.2. The average Bonchev–Trinajstić information content (AvgIpc) is 3.60. The molecule has 0 atom stereocenters. The molecule has 0 unspecified atom stereocenters. The van der Waals surface area contributed by atoms with Crippen molar-refractivity contribution in [2.75, 3.05) is 6.54 Å². The zero-order valence-electron chi connectivity index (χ0n) is 25.1. The third-order valence-corrected chi connectivity index (χ3v) is 10.2. The van der Waals surface area contributed by atoms with E-state index < -0.39 is 15.6 Å². The highest BCUT2D eigenvalue weighted by molar-refractivity contribution is 7.89. The monoisotopic (exact) mass is 625 g/mol. The number of aryl methyl sites for hydroxylation is 1. The molecule has 46 heavy (non-hydrogen) atoms. The summed E-state index contributed by atoms with van der Waals surface area (Å²) in [5.41, 5.74) is 6.71. The molecule has 0 spiro atoms. The van der Waals surface area contributed by atoms with Crippen LogP contribution in [0.25, 0.3) is 16.5 Å². The molecule has 7 nitrogen and oxygen atoms in total. The summed E-state index contributed by atoms with van der Waals surface area (Å²) in [7, 11) is -3.73. The number of hydrogen-bond acceptors (Lipinski definition) is 4. The van der Waals surface area contributed by atoms with Crippen LogP contribution in [0.3, 0.4) is 0 Å². The van der Waals surface area contributed by atoms with Crippen molar-refractivity contribution < 1.29 is 13.3 Å². The van der Waals surface area contributed by atoms with Crippen LogP contribution < -0.4 is 4.72 Å². The van der Waals surface area contributed by atoms with Gasteiger partial charge in [0.2, 0.25) is 10.0 Å². The first-order valence-electron chi connectivity index (χ1n) is 15.1. The highest BCUT2D eigenvalue weighted by atomic mass is 32.2. The Labute approximate surface area is 267 Å². The number of sulfonamides is 1. The van der Waals surface area contributed by atoms with Gasteiger partial charge in [0.25, 0.3) is 5.69 Å². The highest BCUT2D eigenvalue weighted by Gasteiger charge is 2.44. The van der Waals surface area contributed by atoms with E-state index in [2.05, 4.69) is 51.8 Å². The van der Waals surface area contributed by atoms with Gasteiger partial charge in [0.05, 0.1) is 21.0 Å². The van der Waals surface area contributed by atoms with Gasteiger partial charge >= 0.3 is 0 Å². The van der Waals surface area contributed by atoms with Crippen molar-refractivity contribution in [1.29, 1.82) is 0 Å². The van der Waals surface area contributed by atoms with Gasteiger partial charge in [-0.3, -0.25) is 10.1 Å². The molecule has 8 heteroatoms. The molecule has 0 bridgehead atoms. The third kappa shape index (κ3) is 4.92. The molecule has 0 saturated heterocycles. The van der Waals surface area contributed by atoms with Crippen LogP contribution in [-0.4, -0.2) is 24.5 Å². The number of fused-ring (bicyclic) bond motifs is 3. The fourth-order valence-corrected chi connectivity index (χ4v) is 7.68. The van der Waals surface area contributed by atoms with E-state index in [1.165, 1.54) is 6.07 Å². The molecule has 0 amide bonds. The molecule has 1 aromatic heterocycles. The van der Waals surface area contributed by atoms with Crippen LogP contribution in [0.4, 0.5) is 5.69 Å². The SMILES string of the molecule is Cc1ccc(S(=O)(=O)NCCc2c3n(c4ccccc24)C(c2ccccc2)(c2ccccc2)C=C3c2cccc([N+](=O)[O-])c2)cc1. The van der Waals surface area contributed by atoms with E-state index in [4.69, 9.17) is 0 Å². The number of non-ortho nitro benzene ring substituents is 1. The second kappa shape index (κ2) is 11.6. The summed E-state index contributed by atoms with van der Waals surface area (Å²) in [6, 6.07) is 42.1. The van der Waals surface area contributed by atoms with Gasteiger partial charge in [-0.1, -0.05) is 109 Å². The van der Waals surface area contributed by atoms with Gasteiger partial charge in [0.1, 0.15) is 5.54 Å². The predicted octanol–water partition coefficient (Wildman–Crippen LogP) is 7.62. The zero-order valence-corrected chi connectivity index (χ0v) is 25.9. The van der Waals surface area contributed by atoms with E-state index in [1.54, 1.807) is 36.4 Å². The van der Waals surface area contributed by atoms with Crippen molar-refractivity contribution in [2.45, 2.75) is 23.8 Å². The molecule has 1 aliphatic heterocycles. The van der Waals surface area contributed by atoms with Gasteiger partial charge in [0, 0.05) is 29.6 Å². The topological polar surface area (TPSA) is 94.2 Å². The number of aromatic nitrogens is 1. The molecule has 1 aliphatic rings. The summed E-state index contributed by atoms with van der Waals surface area (Å²) in [5, 5.41) is 12.9. The minimum atomic E-state index is -3.73. The Morgan fingerprint density at radius 1 is 0.783 bits per heavy atom. The van der Waals surface area contributed by atoms with Crippen LogP contribution in [0.15, 0.2) is 144 Å². The summed E-state index contributed by atoms with van der Waals surface area (Å²) in [4.78, 5) is 11.7. The van der Waals surface area contributed by atoms with Crippen LogP contribution in [0.1, 0.15) is 33.5 Å². The lowest BCUT2D eigenvalue weighted by atomic mass is 9.82. The molecular weight excluding hydrogens is 595 g/mol. The summed E-state index contributed by atoms with van der Waals surface area (Å²) in [6.45, 7) is 2.09. The highest BCUT2D eigenvalue weighted by Crippen LogP contribution is 2.51. The zero-order chi connectivity index (χ0) is 31.9. The molecule has 0 saturated carbocycles. The number of allylic oxidation sites excluding steroid dienone is 1. The Bertz CT molecular complexity index is 2180. The number of nitrogens with one attached hydrogen (secondary N) is 1. The van der Waals surface area contributed by atoms with E-state index in [0.717, 1.165) is 44.4 Å². The minimum absolute atomic E-state index is 0.00499. The number of nitro groups is 1. The first-order chi connectivity index (χ1) is 22.3. The van der Waals surface area contributed by atoms with Crippen molar-refractivity contribution in [3.05, 3.63) is 183 Å². The predicted molar refractivity (Wildman–Crippen MR) is 181 cm³/mol.